The first-order chi connectivity index (χ1) is 9.31. The number of nitrogens with one attached hydrogen (secondary N) is 1. The van der Waals surface area contributed by atoms with Gasteiger partial charge in [0.1, 0.15) is 12.4 Å². The summed E-state index contributed by atoms with van der Waals surface area (Å²) in [4.78, 5) is 5.18. The maximum absolute atomic E-state index is 5.79. The van der Waals surface area contributed by atoms with Crippen LogP contribution in [0.1, 0.15) is 23.3 Å². The quantitative estimate of drug-likeness (QED) is 0.871. The van der Waals surface area contributed by atoms with Gasteiger partial charge < -0.3 is 10.1 Å². The van der Waals surface area contributed by atoms with Gasteiger partial charge in [0, 0.05) is 23.3 Å². The summed E-state index contributed by atoms with van der Waals surface area (Å²) in [5, 5.41) is 3.52. The first-order valence-corrected chi connectivity index (χ1v) is 8.00. The van der Waals surface area contributed by atoms with E-state index in [1.807, 2.05) is 23.8 Å². The van der Waals surface area contributed by atoms with Crippen LogP contribution >= 0.6 is 27.3 Å². The molecular weight excluding hydrogens is 324 g/mol. The molecule has 0 atom stereocenters. The summed E-state index contributed by atoms with van der Waals surface area (Å²) in [5.74, 6) is 0.907. The van der Waals surface area contributed by atoms with Gasteiger partial charge in [-0.2, -0.15) is 0 Å². The van der Waals surface area contributed by atoms with E-state index in [1.165, 1.54) is 18.4 Å². The lowest BCUT2D eigenvalue weighted by molar-refractivity contribution is 0.309. The summed E-state index contributed by atoms with van der Waals surface area (Å²) in [6.45, 7) is 1.48. The van der Waals surface area contributed by atoms with Crippen LogP contribution in [0.2, 0.25) is 0 Å². The van der Waals surface area contributed by atoms with Crippen molar-refractivity contribution in [3.05, 3.63) is 44.8 Å². The van der Waals surface area contributed by atoms with Crippen molar-refractivity contribution in [3.8, 4) is 5.75 Å². The second kappa shape index (κ2) is 6.03. The Bertz CT molecular complexity index is 540. The van der Waals surface area contributed by atoms with Gasteiger partial charge in [-0.05, 0) is 36.6 Å². The topological polar surface area (TPSA) is 34.1 Å². The van der Waals surface area contributed by atoms with Crippen molar-refractivity contribution in [1.82, 2.24) is 10.3 Å². The molecule has 1 aromatic heterocycles. The number of ether oxygens (including phenoxy) is 1. The molecule has 3 rings (SSSR count). The summed E-state index contributed by atoms with van der Waals surface area (Å²) in [7, 11) is 0. The number of halogens is 1. The van der Waals surface area contributed by atoms with Gasteiger partial charge in [-0.15, -0.1) is 11.3 Å². The second-order valence-electron chi connectivity index (χ2n) is 4.66. The predicted molar refractivity (Wildman–Crippen MR) is 80.4 cm³/mol. The summed E-state index contributed by atoms with van der Waals surface area (Å²) in [5.41, 5.74) is 3.07. The highest BCUT2D eigenvalue weighted by molar-refractivity contribution is 9.10. The molecule has 5 heteroatoms. The smallest absolute Gasteiger partial charge is 0.124 e. The van der Waals surface area contributed by atoms with Gasteiger partial charge >= 0.3 is 0 Å². The van der Waals surface area contributed by atoms with Crippen molar-refractivity contribution in [2.24, 2.45) is 0 Å². The monoisotopic (exact) mass is 338 g/mol. The highest BCUT2D eigenvalue weighted by atomic mass is 79.9. The predicted octanol–water partition coefficient (Wildman–Crippen LogP) is 3.74. The van der Waals surface area contributed by atoms with Gasteiger partial charge in [0.2, 0.25) is 0 Å². The summed E-state index contributed by atoms with van der Waals surface area (Å²) in [6.07, 6.45) is 4.46. The van der Waals surface area contributed by atoms with E-state index in [-0.39, 0.29) is 0 Å². The number of rotatable bonds is 6. The lowest BCUT2D eigenvalue weighted by Gasteiger charge is -2.10. The van der Waals surface area contributed by atoms with Crippen molar-refractivity contribution >= 4 is 27.3 Å². The fraction of sp³-hybridized carbons (Fsp3) is 0.357. The number of thiazole rings is 1. The number of aromatic nitrogens is 1. The molecule has 3 nitrogen and oxygen atoms in total. The van der Waals surface area contributed by atoms with Crippen molar-refractivity contribution in [2.75, 3.05) is 0 Å². The first kappa shape index (κ1) is 13.1. The van der Waals surface area contributed by atoms with E-state index in [0.717, 1.165) is 21.6 Å². The molecule has 0 amide bonds. The molecule has 100 valence electrons. The lowest BCUT2D eigenvalue weighted by atomic mass is 10.2. The SMILES string of the molecule is Brc1ccc(OCc2cncs2)cc1CNC1CC1. The molecule has 1 heterocycles. The van der Waals surface area contributed by atoms with Crippen LogP contribution in [0.3, 0.4) is 0 Å². The van der Waals surface area contributed by atoms with Crippen molar-refractivity contribution in [3.63, 3.8) is 0 Å². The molecule has 1 saturated carbocycles. The van der Waals surface area contributed by atoms with Crippen LogP contribution in [0.4, 0.5) is 0 Å². The number of nitrogens with zero attached hydrogens (tertiary/aromatic N) is 1. The third kappa shape index (κ3) is 3.78. The van der Waals surface area contributed by atoms with Crippen LogP contribution in [-0.4, -0.2) is 11.0 Å². The molecule has 1 aliphatic rings. The molecule has 19 heavy (non-hydrogen) atoms. The molecule has 0 bridgehead atoms. The van der Waals surface area contributed by atoms with Crippen LogP contribution in [0.25, 0.3) is 0 Å². The Kier molecular flexibility index (Phi) is 4.15. The minimum absolute atomic E-state index is 0.585. The maximum atomic E-state index is 5.79. The van der Waals surface area contributed by atoms with E-state index in [1.54, 1.807) is 11.3 Å². The Morgan fingerprint density at radius 3 is 3.05 bits per heavy atom. The zero-order chi connectivity index (χ0) is 13.1. The molecule has 1 N–H and O–H groups in total. The average molecular weight is 339 g/mol. The summed E-state index contributed by atoms with van der Waals surface area (Å²) < 4.78 is 6.92. The molecule has 0 radical (unpaired) electrons. The third-order valence-corrected chi connectivity index (χ3v) is 4.57. The van der Waals surface area contributed by atoms with E-state index >= 15 is 0 Å². The number of hydrogen-bond donors (Lipinski definition) is 1. The molecule has 1 aromatic carbocycles. The fourth-order valence-corrected chi connectivity index (χ4v) is 2.68. The van der Waals surface area contributed by atoms with Crippen LogP contribution in [0.5, 0.6) is 5.75 Å². The Morgan fingerprint density at radius 2 is 2.32 bits per heavy atom. The molecule has 0 aliphatic heterocycles. The Balaban J connectivity index is 1.62. The van der Waals surface area contributed by atoms with Gasteiger partial charge in [-0.3, -0.25) is 4.98 Å². The van der Waals surface area contributed by atoms with Gasteiger partial charge in [0.25, 0.3) is 0 Å². The second-order valence-corrected chi connectivity index (χ2v) is 6.49. The van der Waals surface area contributed by atoms with Crippen molar-refractivity contribution in [2.45, 2.75) is 32.0 Å². The zero-order valence-electron chi connectivity index (χ0n) is 10.4. The largest absolute Gasteiger partial charge is 0.488 e. The van der Waals surface area contributed by atoms with Crippen LogP contribution < -0.4 is 10.1 Å². The fourth-order valence-electron chi connectivity index (χ4n) is 1.79. The minimum Gasteiger partial charge on any atom is -0.488 e. The molecular formula is C14H15BrN2OS. The Morgan fingerprint density at radius 1 is 1.42 bits per heavy atom. The van der Waals surface area contributed by atoms with Crippen LogP contribution in [-0.2, 0) is 13.2 Å². The molecule has 1 fully saturated rings. The van der Waals surface area contributed by atoms with Gasteiger partial charge in [0.15, 0.2) is 0 Å². The van der Waals surface area contributed by atoms with E-state index in [2.05, 4.69) is 32.3 Å². The minimum atomic E-state index is 0.585. The van der Waals surface area contributed by atoms with Crippen molar-refractivity contribution < 1.29 is 4.74 Å². The molecule has 0 saturated heterocycles. The summed E-state index contributed by atoms with van der Waals surface area (Å²) in [6, 6.07) is 6.85. The molecule has 1 aliphatic carbocycles. The average Bonchev–Trinajstić information content (AvgIpc) is 3.10. The van der Waals surface area contributed by atoms with E-state index in [0.29, 0.717) is 12.6 Å². The standard InChI is InChI=1S/C14H15BrN2OS/c15-14-4-3-12(18-8-13-7-16-9-19-13)5-10(14)6-17-11-1-2-11/h3-5,7,9,11,17H,1-2,6,8H2. The highest BCUT2D eigenvalue weighted by Gasteiger charge is 2.20. The molecule has 0 unspecified atom stereocenters. The summed E-state index contributed by atoms with van der Waals surface area (Å²) >= 11 is 5.20. The van der Waals surface area contributed by atoms with E-state index in [9.17, 15) is 0 Å². The van der Waals surface area contributed by atoms with Crippen molar-refractivity contribution in [1.29, 1.82) is 0 Å². The van der Waals surface area contributed by atoms with Gasteiger partial charge in [-0.1, -0.05) is 15.9 Å². The molecule has 0 spiro atoms. The maximum Gasteiger partial charge on any atom is 0.124 e. The highest BCUT2D eigenvalue weighted by Crippen LogP contribution is 2.25. The van der Waals surface area contributed by atoms with E-state index < -0.39 is 0 Å². The zero-order valence-corrected chi connectivity index (χ0v) is 12.8. The first-order valence-electron chi connectivity index (χ1n) is 6.33. The van der Waals surface area contributed by atoms with Crippen LogP contribution in [0, 0.1) is 0 Å². The lowest BCUT2D eigenvalue weighted by Crippen LogP contribution is -2.15. The Hall–Kier alpha value is -0.910. The normalized spacial score (nSPS) is 14.6. The van der Waals surface area contributed by atoms with Crippen LogP contribution in [0.15, 0.2) is 34.4 Å². The number of benzene rings is 1. The Labute approximate surface area is 125 Å². The van der Waals surface area contributed by atoms with E-state index in [4.69, 9.17) is 4.74 Å². The van der Waals surface area contributed by atoms with Gasteiger partial charge in [-0.25, -0.2) is 0 Å². The molecule has 2 aromatic rings. The van der Waals surface area contributed by atoms with Gasteiger partial charge in [0.05, 0.1) is 10.4 Å². The number of hydrogen-bond acceptors (Lipinski definition) is 4. The third-order valence-electron chi connectivity index (χ3n) is 3.04.